The largest absolute Gasteiger partial charge is 0.404 e. The molecule has 0 bridgehead atoms. The lowest BCUT2D eigenvalue weighted by Crippen LogP contribution is -2.44. The maximum absolute atomic E-state index is 13.2. The van der Waals surface area contributed by atoms with Crippen molar-refractivity contribution in [1.29, 1.82) is 0 Å². The Hall–Kier alpha value is -4.28. The highest BCUT2D eigenvalue weighted by Gasteiger charge is 2.30. The highest BCUT2D eigenvalue weighted by atomic mass is 16.5. The molecule has 2 aromatic heterocycles. The van der Waals surface area contributed by atoms with Crippen LogP contribution in [0.1, 0.15) is 40.7 Å². The van der Waals surface area contributed by atoms with Gasteiger partial charge >= 0.3 is 0 Å². The summed E-state index contributed by atoms with van der Waals surface area (Å²) in [5, 5.41) is 3.12. The Labute approximate surface area is 247 Å². The number of likely N-dealkylation sites (N-methyl/N-ethyl adjacent to an activating group) is 1. The summed E-state index contributed by atoms with van der Waals surface area (Å²) in [5.41, 5.74) is 16.7. The summed E-state index contributed by atoms with van der Waals surface area (Å²) in [7, 11) is 3.81. The minimum atomic E-state index is -0.274. The maximum Gasteiger partial charge on any atom is 0.255 e. The van der Waals surface area contributed by atoms with Crippen molar-refractivity contribution in [2.75, 3.05) is 50.9 Å². The molecule has 1 saturated carbocycles. The zero-order valence-corrected chi connectivity index (χ0v) is 24.4. The molecule has 10 nitrogen and oxygen atoms in total. The molecule has 0 radical (unpaired) electrons. The van der Waals surface area contributed by atoms with Crippen LogP contribution in [0.25, 0.3) is 16.7 Å². The van der Waals surface area contributed by atoms with Crippen LogP contribution in [0, 0.1) is 0 Å². The number of rotatable bonds is 9. The van der Waals surface area contributed by atoms with Crippen LogP contribution in [-0.4, -0.2) is 79.4 Å². The van der Waals surface area contributed by atoms with Crippen molar-refractivity contribution < 1.29 is 9.53 Å². The van der Waals surface area contributed by atoms with E-state index in [1.807, 2.05) is 6.20 Å². The van der Waals surface area contributed by atoms with Gasteiger partial charge in [0.2, 0.25) is 0 Å². The molecule has 10 heteroatoms. The van der Waals surface area contributed by atoms with Crippen molar-refractivity contribution in [2.45, 2.75) is 38.0 Å². The number of aliphatic imine (C=N–C) groups is 1. The van der Waals surface area contributed by atoms with E-state index in [-0.39, 0.29) is 23.9 Å². The molecule has 1 aliphatic heterocycles. The van der Waals surface area contributed by atoms with Gasteiger partial charge in [-0.05, 0) is 55.6 Å². The number of nitrogen functional groups attached to an aromatic ring is 1. The monoisotopic (exact) mass is 568 g/mol. The molecule has 1 aromatic carbocycles. The molecule has 1 saturated heterocycles. The molecule has 1 amide bonds. The van der Waals surface area contributed by atoms with Gasteiger partial charge in [-0.3, -0.25) is 9.79 Å². The first-order chi connectivity index (χ1) is 20.4. The number of anilines is 2. The highest BCUT2D eigenvalue weighted by molar-refractivity contribution is 6.10. The first kappa shape index (κ1) is 29.2. The Kier molecular flexibility index (Phi) is 9.45. The molecule has 0 spiro atoms. The van der Waals surface area contributed by atoms with Crippen LogP contribution < -0.4 is 21.7 Å². The number of nitrogens with zero attached hydrogens (tertiary/aromatic N) is 5. The number of hydrogen-bond donors (Lipinski definition) is 3. The molecule has 3 aromatic rings. The van der Waals surface area contributed by atoms with Crippen LogP contribution in [-0.2, 0) is 11.3 Å². The van der Waals surface area contributed by atoms with E-state index in [1.54, 1.807) is 25.5 Å². The maximum atomic E-state index is 13.2. The van der Waals surface area contributed by atoms with Crippen LogP contribution in [0.5, 0.6) is 0 Å². The topological polar surface area (TPSA) is 135 Å². The zero-order valence-electron chi connectivity index (χ0n) is 24.4. The Balaban J connectivity index is 1.16. The number of piperazine rings is 1. The minimum absolute atomic E-state index is 0.0796. The summed E-state index contributed by atoms with van der Waals surface area (Å²) in [6, 6.07) is 14.2. The van der Waals surface area contributed by atoms with Gasteiger partial charge in [-0.2, -0.15) is 0 Å². The lowest BCUT2D eigenvalue weighted by atomic mass is 10.1. The van der Waals surface area contributed by atoms with E-state index in [0.29, 0.717) is 23.3 Å². The molecule has 3 heterocycles. The Morgan fingerprint density at radius 3 is 2.52 bits per heavy atom. The number of pyridine rings is 2. The standard InChI is InChI=1S/C32H40N8O2/c1-35-18-26(17-33)25-16-27(31(34)37-20-25)32(41)38-28-4-3-5-29(28)42-21-22-6-8-23(9-7-22)24-10-11-30(36-19-24)40-14-12-39(2)13-15-40/h6-11,16-20,28-29H,3-5,12-15,21,33H2,1-2H3,(H2,34,37)(H,38,41)/t28?,29-/m0/s1. The summed E-state index contributed by atoms with van der Waals surface area (Å²) in [4.78, 5) is 30.8. The van der Waals surface area contributed by atoms with Gasteiger partial charge in [0.1, 0.15) is 11.6 Å². The third kappa shape index (κ3) is 6.95. The molecule has 5 rings (SSSR count). The molecule has 2 aliphatic rings. The van der Waals surface area contributed by atoms with Crippen molar-refractivity contribution in [2.24, 2.45) is 10.7 Å². The van der Waals surface area contributed by atoms with E-state index in [4.69, 9.17) is 21.2 Å². The van der Waals surface area contributed by atoms with E-state index >= 15 is 0 Å². The fraction of sp³-hybridized carbons (Fsp3) is 0.375. The first-order valence-corrected chi connectivity index (χ1v) is 14.5. The normalized spacial score (nSPS) is 19.9. The fourth-order valence-corrected chi connectivity index (χ4v) is 5.48. The van der Waals surface area contributed by atoms with Gasteiger partial charge in [0.05, 0.1) is 24.3 Å². The Morgan fingerprint density at radius 1 is 1.07 bits per heavy atom. The molecule has 1 aliphatic carbocycles. The van der Waals surface area contributed by atoms with E-state index in [9.17, 15) is 4.79 Å². The van der Waals surface area contributed by atoms with Gasteiger partial charge in [-0.15, -0.1) is 0 Å². The fourth-order valence-electron chi connectivity index (χ4n) is 5.48. The smallest absolute Gasteiger partial charge is 0.255 e. The van der Waals surface area contributed by atoms with Crippen LogP contribution in [0.15, 0.2) is 66.1 Å². The predicted molar refractivity (Wildman–Crippen MR) is 168 cm³/mol. The van der Waals surface area contributed by atoms with Crippen LogP contribution in [0.3, 0.4) is 0 Å². The van der Waals surface area contributed by atoms with Gasteiger partial charge in [0.15, 0.2) is 0 Å². The second-order valence-corrected chi connectivity index (χ2v) is 10.9. The number of allylic oxidation sites excluding steroid dienone is 1. The molecule has 42 heavy (non-hydrogen) atoms. The minimum Gasteiger partial charge on any atom is -0.404 e. The highest BCUT2D eigenvalue weighted by Crippen LogP contribution is 2.26. The molecular weight excluding hydrogens is 528 g/mol. The van der Waals surface area contributed by atoms with Gasteiger partial charge in [0.25, 0.3) is 5.91 Å². The number of benzene rings is 1. The zero-order chi connectivity index (χ0) is 29.5. The third-order valence-electron chi connectivity index (χ3n) is 8.04. The Bertz CT molecular complexity index is 1410. The molecule has 220 valence electrons. The van der Waals surface area contributed by atoms with Crippen molar-refractivity contribution in [3.63, 3.8) is 0 Å². The van der Waals surface area contributed by atoms with Crippen molar-refractivity contribution in [1.82, 2.24) is 20.2 Å². The molecule has 2 fully saturated rings. The van der Waals surface area contributed by atoms with Gasteiger partial charge in [-0.1, -0.05) is 24.3 Å². The van der Waals surface area contributed by atoms with Gasteiger partial charge < -0.3 is 31.3 Å². The quantitative estimate of drug-likeness (QED) is 0.335. The third-order valence-corrected chi connectivity index (χ3v) is 8.04. The molecule has 2 atom stereocenters. The van der Waals surface area contributed by atoms with Gasteiger partial charge in [0, 0.05) is 74.7 Å². The number of hydrogen-bond acceptors (Lipinski definition) is 9. The van der Waals surface area contributed by atoms with E-state index in [2.05, 4.69) is 68.5 Å². The lowest BCUT2D eigenvalue weighted by Gasteiger charge is -2.33. The number of ether oxygens (including phenoxy) is 1. The SMILES string of the molecule is CN=CC(=CN)c1cnc(N)c(C(=O)NC2CCC[C@@H]2OCc2ccc(-c3ccc(N4CCN(C)CC4)nc3)cc2)c1. The second-order valence-electron chi connectivity index (χ2n) is 10.9. The number of carbonyl (C=O) groups is 1. The van der Waals surface area contributed by atoms with Crippen molar-refractivity contribution in [3.8, 4) is 11.1 Å². The summed E-state index contributed by atoms with van der Waals surface area (Å²) < 4.78 is 6.29. The van der Waals surface area contributed by atoms with Crippen molar-refractivity contribution >= 4 is 29.3 Å². The predicted octanol–water partition coefficient (Wildman–Crippen LogP) is 3.35. The van der Waals surface area contributed by atoms with E-state index in [1.165, 1.54) is 6.20 Å². The molecular formula is C32H40N8O2. The second kappa shape index (κ2) is 13.6. The van der Waals surface area contributed by atoms with E-state index in [0.717, 1.165) is 67.9 Å². The van der Waals surface area contributed by atoms with E-state index < -0.39 is 0 Å². The van der Waals surface area contributed by atoms with Gasteiger partial charge in [-0.25, -0.2) is 9.97 Å². The lowest BCUT2D eigenvalue weighted by molar-refractivity contribution is 0.0272. The van der Waals surface area contributed by atoms with Crippen molar-refractivity contribution in [3.05, 3.63) is 77.7 Å². The number of carbonyl (C=O) groups excluding carboxylic acids is 1. The number of aromatic nitrogens is 2. The number of nitrogens with one attached hydrogen (secondary N) is 1. The summed E-state index contributed by atoms with van der Waals surface area (Å²) >= 11 is 0. The van der Waals surface area contributed by atoms with Crippen LogP contribution in [0.2, 0.25) is 0 Å². The Morgan fingerprint density at radius 2 is 1.83 bits per heavy atom. The number of amides is 1. The van der Waals surface area contributed by atoms with Crippen LogP contribution >= 0.6 is 0 Å². The summed E-state index contributed by atoms with van der Waals surface area (Å²) in [6.45, 7) is 4.60. The number of nitrogens with two attached hydrogens (primary N) is 2. The van der Waals surface area contributed by atoms with Crippen LogP contribution in [0.4, 0.5) is 11.6 Å². The first-order valence-electron chi connectivity index (χ1n) is 14.5. The molecule has 5 N–H and O–H groups in total. The average molecular weight is 569 g/mol. The molecule has 1 unspecified atom stereocenters. The summed E-state index contributed by atoms with van der Waals surface area (Å²) in [6.07, 6.45) is 9.20. The average Bonchev–Trinajstić information content (AvgIpc) is 3.46. The summed E-state index contributed by atoms with van der Waals surface area (Å²) in [5.74, 6) is 0.925.